The summed E-state index contributed by atoms with van der Waals surface area (Å²) >= 11 is 1.68. The van der Waals surface area contributed by atoms with Crippen molar-refractivity contribution in [2.45, 2.75) is 38.8 Å². The molecular weight excluding hydrogens is 374 g/mol. The van der Waals surface area contributed by atoms with Gasteiger partial charge in [-0.25, -0.2) is 4.98 Å². The number of benzene rings is 1. The maximum absolute atomic E-state index is 12.7. The third kappa shape index (κ3) is 3.52. The number of thiophene rings is 1. The Morgan fingerprint density at radius 3 is 2.79 bits per heavy atom. The van der Waals surface area contributed by atoms with Gasteiger partial charge >= 0.3 is 0 Å². The maximum Gasteiger partial charge on any atom is 0.259 e. The maximum atomic E-state index is 12.7. The Labute approximate surface area is 168 Å². The standard InChI is InChI=1S/C21H25N3O3S/c1-24(11-13-7-6-9-15(26-2)19(13)27-3)12-17-22-20(25)18-14-8-4-5-10-16(14)28-21(18)23-17/h6-7,9H,4-5,8,10-12H2,1-3H3,(H,22,23,25). The number of para-hydroxylation sites is 1. The number of hydrogen-bond acceptors (Lipinski definition) is 6. The Hall–Kier alpha value is -2.38. The molecule has 0 aliphatic heterocycles. The topological polar surface area (TPSA) is 67.5 Å². The highest BCUT2D eigenvalue weighted by Crippen LogP contribution is 2.34. The van der Waals surface area contributed by atoms with Crippen LogP contribution in [0.25, 0.3) is 10.2 Å². The second-order valence-electron chi connectivity index (χ2n) is 7.23. The van der Waals surface area contributed by atoms with E-state index in [1.807, 2.05) is 25.2 Å². The number of nitrogens with zero attached hydrogens (tertiary/aromatic N) is 2. The molecule has 0 spiro atoms. The minimum Gasteiger partial charge on any atom is -0.493 e. The van der Waals surface area contributed by atoms with E-state index in [9.17, 15) is 4.79 Å². The first-order valence-corrected chi connectivity index (χ1v) is 10.3. The van der Waals surface area contributed by atoms with Gasteiger partial charge in [0.25, 0.3) is 5.56 Å². The average molecular weight is 400 g/mol. The highest BCUT2D eigenvalue weighted by Gasteiger charge is 2.20. The molecule has 7 heteroatoms. The average Bonchev–Trinajstić information content (AvgIpc) is 3.06. The summed E-state index contributed by atoms with van der Waals surface area (Å²) in [5.74, 6) is 2.14. The van der Waals surface area contributed by atoms with Crippen LogP contribution in [-0.4, -0.2) is 36.1 Å². The van der Waals surface area contributed by atoms with Gasteiger partial charge in [-0.05, 0) is 44.4 Å². The molecule has 2 aromatic heterocycles. The molecule has 1 aliphatic rings. The van der Waals surface area contributed by atoms with E-state index in [1.54, 1.807) is 25.6 Å². The lowest BCUT2D eigenvalue weighted by molar-refractivity contribution is 0.297. The van der Waals surface area contributed by atoms with Crippen LogP contribution in [0, 0.1) is 0 Å². The molecule has 28 heavy (non-hydrogen) atoms. The molecule has 0 amide bonds. The third-order valence-corrected chi connectivity index (χ3v) is 6.40. The second kappa shape index (κ2) is 7.93. The van der Waals surface area contributed by atoms with Crippen molar-refractivity contribution in [1.82, 2.24) is 14.9 Å². The molecule has 148 valence electrons. The molecule has 0 bridgehead atoms. The first kappa shape index (κ1) is 19.0. The van der Waals surface area contributed by atoms with Gasteiger partial charge < -0.3 is 14.5 Å². The summed E-state index contributed by atoms with van der Waals surface area (Å²) in [5.41, 5.74) is 2.24. The van der Waals surface area contributed by atoms with E-state index >= 15 is 0 Å². The summed E-state index contributed by atoms with van der Waals surface area (Å²) in [4.78, 5) is 24.8. The van der Waals surface area contributed by atoms with Crippen molar-refractivity contribution in [2.24, 2.45) is 0 Å². The summed E-state index contributed by atoms with van der Waals surface area (Å²) in [7, 11) is 5.28. The molecular formula is C21H25N3O3S. The van der Waals surface area contributed by atoms with E-state index in [2.05, 4.69) is 9.88 Å². The highest BCUT2D eigenvalue weighted by molar-refractivity contribution is 7.18. The zero-order valence-electron chi connectivity index (χ0n) is 16.5. The molecule has 1 N–H and O–H groups in total. The van der Waals surface area contributed by atoms with Crippen LogP contribution in [-0.2, 0) is 25.9 Å². The minimum atomic E-state index is -0.00763. The summed E-state index contributed by atoms with van der Waals surface area (Å²) in [6.07, 6.45) is 4.43. The zero-order valence-corrected chi connectivity index (χ0v) is 17.3. The van der Waals surface area contributed by atoms with Gasteiger partial charge in [0, 0.05) is 17.0 Å². The fourth-order valence-corrected chi connectivity index (χ4v) is 5.24. The molecule has 0 saturated heterocycles. The van der Waals surface area contributed by atoms with Crippen LogP contribution in [0.4, 0.5) is 0 Å². The molecule has 0 atom stereocenters. The van der Waals surface area contributed by atoms with Crippen LogP contribution < -0.4 is 15.0 Å². The molecule has 0 saturated carbocycles. The number of aromatic nitrogens is 2. The lowest BCUT2D eigenvalue weighted by Gasteiger charge is -2.19. The smallest absolute Gasteiger partial charge is 0.259 e. The summed E-state index contributed by atoms with van der Waals surface area (Å²) in [5, 5.41) is 0.806. The molecule has 1 aliphatic carbocycles. The van der Waals surface area contributed by atoms with Crippen molar-refractivity contribution in [3.63, 3.8) is 0 Å². The number of H-pyrrole nitrogens is 1. The van der Waals surface area contributed by atoms with Gasteiger partial charge in [0.15, 0.2) is 11.5 Å². The van der Waals surface area contributed by atoms with Gasteiger partial charge in [-0.3, -0.25) is 9.69 Å². The van der Waals surface area contributed by atoms with Crippen molar-refractivity contribution >= 4 is 21.6 Å². The fraction of sp³-hybridized carbons (Fsp3) is 0.429. The van der Waals surface area contributed by atoms with Crippen molar-refractivity contribution in [2.75, 3.05) is 21.3 Å². The summed E-state index contributed by atoms with van der Waals surface area (Å²) in [6, 6.07) is 5.85. The van der Waals surface area contributed by atoms with Gasteiger partial charge in [-0.1, -0.05) is 12.1 Å². The molecule has 0 fully saturated rings. The highest BCUT2D eigenvalue weighted by atomic mass is 32.1. The first-order valence-electron chi connectivity index (χ1n) is 9.52. The SMILES string of the molecule is COc1cccc(CN(C)Cc2nc3sc4c(c3c(=O)[nH]2)CCCC4)c1OC. The Morgan fingerprint density at radius 1 is 1.18 bits per heavy atom. The minimum absolute atomic E-state index is 0.00763. The Bertz CT molecular complexity index is 1060. The predicted octanol–water partition coefficient (Wildman–Crippen LogP) is 3.51. The quantitative estimate of drug-likeness (QED) is 0.687. The summed E-state index contributed by atoms with van der Waals surface area (Å²) < 4.78 is 10.9. The van der Waals surface area contributed by atoms with Crippen LogP contribution >= 0.6 is 11.3 Å². The molecule has 2 heterocycles. The Morgan fingerprint density at radius 2 is 2.00 bits per heavy atom. The molecule has 6 nitrogen and oxygen atoms in total. The van der Waals surface area contributed by atoms with Gasteiger partial charge in [-0.2, -0.15) is 0 Å². The third-order valence-electron chi connectivity index (χ3n) is 5.22. The molecule has 0 radical (unpaired) electrons. The van der Waals surface area contributed by atoms with Crippen LogP contribution in [0.3, 0.4) is 0 Å². The number of ether oxygens (including phenoxy) is 2. The number of rotatable bonds is 6. The fourth-order valence-electron chi connectivity index (χ4n) is 3.96. The van der Waals surface area contributed by atoms with Crippen molar-refractivity contribution in [1.29, 1.82) is 0 Å². The number of fused-ring (bicyclic) bond motifs is 3. The van der Waals surface area contributed by atoms with Crippen LogP contribution in [0.2, 0.25) is 0 Å². The lowest BCUT2D eigenvalue weighted by Crippen LogP contribution is -2.22. The Kier molecular flexibility index (Phi) is 5.37. The Balaban J connectivity index is 1.58. The van der Waals surface area contributed by atoms with Crippen molar-refractivity contribution in [3.05, 3.63) is 50.4 Å². The van der Waals surface area contributed by atoms with Crippen LogP contribution in [0.5, 0.6) is 11.5 Å². The largest absolute Gasteiger partial charge is 0.493 e. The first-order chi connectivity index (χ1) is 13.6. The predicted molar refractivity (Wildman–Crippen MR) is 112 cm³/mol. The molecule has 3 aromatic rings. The van der Waals surface area contributed by atoms with E-state index in [-0.39, 0.29) is 5.56 Å². The molecule has 0 unspecified atom stereocenters. The normalized spacial score (nSPS) is 13.7. The number of aromatic amines is 1. The van der Waals surface area contributed by atoms with Crippen LogP contribution in [0.1, 0.15) is 34.7 Å². The van der Waals surface area contributed by atoms with E-state index in [0.717, 1.165) is 40.8 Å². The zero-order chi connectivity index (χ0) is 19.7. The monoisotopic (exact) mass is 399 g/mol. The van der Waals surface area contributed by atoms with Gasteiger partial charge in [-0.15, -0.1) is 11.3 Å². The molecule has 4 rings (SSSR count). The van der Waals surface area contributed by atoms with E-state index in [0.29, 0.717) is 24.7 Å². The number of nitrogens with one attached hydrogen (secondary N) is 1. The number of aryl methyl sites for hydroxylation is 2. The lowest BCUT2D eigenvalue weighted by atomic mass is 9.97. The van der Waals surface area contributed by atoms with Gasteiger partial charge in [0.05, 0.1) is 26.2 Å². The summed E-state index contributed by atoms with van der Waals surface area (Å²) in [6.45, 7) is 1.21. The number of methoxy groups -OCH3 is 2. The van der Waals surface area contributed by atoms with Crippen molar-refractivity contribution < 1.29 is 9.47 Å². The van der Waals surface area contributed by atoms with E-state index in [1.165, 1.54) is 16.9 Å². The van der Waals surface area contributed by atoms with Gasteiger partial charge in [0.1, 0.15) is 10.7 Å². The van der Waals surface area contributed by atoms with Crippen LogP contribution in [0.15, 0.2) is 23.0 Å². The molecule has 1 aromatic carbocycles. The van der Waals surface area contributed by atoms with E-state index < -0.39 is 0 Å². The second-order valence-corrected chi connectivity index (χ2v) is 8.31. The van der Waals surface area contributed by atoms with Gasteiger partial charge in [0.2, 0.25) is 0 Å². The number of hydrogen-bond donors (Lipinski definition) is 1. The van der Waals surface area contributed by atoms with Crippen molar-refractivity contribution in [3.8, 4) is 11.5 Å². The van der Waals surface area contributed by atoms with E-state index in [4.69, 9.17) is 14.5 Å².